The molecule has 0 atom stereocenters. The van der Waals surface area contributed by atoms with Crippen LogP contribution in [0.25, 0.3) is 0 Å². The van der Waals surface area contributed by atoms with Gasteiger partial charge in [-0.15, -0.1) is 0 Å². The van der Waals surface area contributed by atoms with Crippen LogP contribution in [0.5, 0.6) is 5.75 Å². The minimum absolute atomic E-state index is 0.0707. The lowest BCUT2D eigenvalue weighted by molar-refractivity contribution is 0.150. The molecule has 2 heteroatoms. The first-order valence-corrected chi connectivity index (χ1v) is 6.27. The highest BCUT2D eigenvalue weighted by Gasteiger charge is 2.40. The van der Waals surface area contributed by atoms with Gasteiger partial charge in [-0.3, -0.25) is 0 Å². The zero-order valence-electron chi connectivity index (χ0n) is 11.2. The van der Waals surface area contributed by atoms with Crippen molar-refractivity contribution < 1.29 is 10.2 Å². The summed E-state index contributed by atoms with van der Waals surface area (Å²) in [6.07, 6.45) is 2.51. The lowest BCUT2D eigenvalue weighted by atomic mass is 9.83. The average Bonchev–Trinajstić information content (AvgIpc) is 2.87. The third-order valence-corrected chi connectivity index (χ3v) is 3.61. The van der Waals surface area contributed by atoms with Crippen molar-refractivity contribution >= 4 is 0 Å². The van der Waals surface area contributed by atoms with Gasteiger partial charge in [-0.2, -0.15) is 0 Å². The van der Waals surface area contributed by atoms with Gasteiger partial charge in [-0.05, 0) is 47.9 Å². The standard InChI is InChI=1S/C15H22O2/c1-10-7-13(16)12(14(2,3)4)8-11(10)9-15(17)5-6-15/h7-8,16-17H,5-6,9H2,1-4H3. The first kappa shape index (κ1) is 12.4. The van der Waals surface area contributed by atoms with Crippen molar-refractivity contribution in [1.29, 1.82) is 0 Å². The predicted molar refractivity (Wildman–Crippen MR) is 69.4 cm³/mol. The molecule has 1 aliphatic rings. The average molecular weight is 234 g/mol. The van der Waals surface area contributed by atoms with Crippen LogP contribution in [0.4, 0.5) is 0 Å². The van der Waals surface area contributed by atoms with E-state index in [1.807, 2.05) is 13.0 Å². The Labute approximate surface area is 103 Å². The Bertz CT molecular complexity index is 437. The lowest BCUT2D eigenvalue weighted by Crippen LogP contribution is -2.15. The zero-order valence-corrected chi connectivity index (χ0v) is 11.2. The largest absolute Gasteiger partial charge is 0.508 e. The highest BCUT2D eigenvalue weighted by atomic mass is 16.3. The Morgan fingerprint density at radius 1 is 1.24 bits per heavy atom. The van der Waals surface area contributed by atoms with E-state index in [1.54, 1.807) is 0 Å². The number of phenols is 1. The number of aliphatic hydroxyl groups is 1. The van der Waals surface area contributed by atoms with E-state index in [2.05, 4.69) is 26.8 Å². The summed E-state index contributed by atoms with van der Waals surface area (Å²) in [4.78, 5) is 0. The van der Waals surface area contributed by atoms with Crippen LogP contribution in [0.1, 0.15) is 50.3 Å². The predicted octanol–water partition coefficient (Wildman–Crippen LogP) is 3.07. The molecule has 1 saturated carbocycles. The molecule has 0 saturated heterocycles. The smallest absolute Gasteiger partial charge is 0.119 e. The molecule has 1 aromatic rings. The number of aryl methyl sites for hydroxylation is 1. The van der Waals surface area contributed by atoms with Gasteiger partial charge in [0.05, 0.1) is 5.60 Å². The van der Waals surface area contributed by atoms with Crippen LogP contribution in [0.2, 0.25) is 0 Å². The molecule has 2 rings (SSSR count). The molecule has 94 valence electrons. The van der Waals surface area contributed by atoms with E-state index in [4.69, 9.17) is 0 Å². The number of rotatable bonds is 2. The number of hydrogen-bond acceptors (Lipinski definition) is 2. The van der Waals surface area contributed by atoms with Crippen molar-refractivity contribution in [1.82, 2.24) is 0 Å². The van der Waals surface area contributed by atoms with E-state index in [0.717, 1.165) is 29.5 Å². The number of benzene rings is 1. The van der Waals surface area contributed by atoms with Gasteiger partial charge in [0.1, 0.15) is 5.75 Å². The van der Waals surface area contributed by atoms with Gasteiger partial charge < -0.3 is 10.2 Å². The molecule has 0 aromatic heterocycles. The normalized spacial score (nSPS) is 18.2. The van der Waals surface area contributed by atoms with E-state index in [0.29, 0.717) is 12.2 Å². The van der Waals surface area contributed by atoms with Crippen LogP contribution in [0.3, 0.4) is 0 Å². The van der Waals surface area contributed by atoms with Crippen molar-refractivity contribution in [2.24, 2.45) is 0 Å². The summed E-state index contributed by atoms with van der Waals surface area (Å²) in [6, 6.07) is 3.88. The fourth-order valence-electron chi connectivity index (χ4n) is 2.20. The molecular formula is C15H22O2. The van der Waals surface area contributed by atoms with Crippen LogP contribution in [0, 0.1) is 6.92 Å². The van der Waals surface area contributed by atoms with E-state index in [9.17, 15) is 10.2 Å². The number of phenolic OH excluding ortho intramolecular Hbond substituents is 1. The van der Waals surface area contributed by atoms with Gasteiger partial charge in [-0.25, -0.2) is 0 Å². The molecule has 0 heterocycles. The molecule has 17 heavy (non-hydrogen) atoms. The van der Waals surface area contributed by atoms with Gasteiger partial charge in [0.2, 0.25) is 0 Å². The van der Waals surface area contributed by atoms with Crippen molar-refractivity contribution in [3.63, 3.8) is 0 Å². The highest BCUT2D eigenvalue weighted by molar-refractivity contribution is 5.45. The maximum absolute atomic E-state index is 10.0. The summed E-state index contributed by atoms with van der Waals surface area (Å²) >= 11 is 0. The summed E-state index contributed by atoms with van der Waals surface area (Å²) in [5.41, 5.74) is 2.64. The molecule has 1 aromatic carbocycles. The molecular weight excluding hydrogens is 212 g/mol. The molecule has 1 aliphatic carbocycles. The van der Waals surface area contributed by atoms with Crippen LogP contribution in [0.15, 0.2) is 12.1 Å². The summed E-state index contributed by atoms with van der Waals surface area (Å²) < 4.78 is 0. The summed E-state index contributed by atoms with van der Waals surface area (Å²) in [5.74, 6) is 0.363. The van der Waals surface area contributed by atoms with E-state index >= 15 is 0 Å². The van der Waals surface area contributed by atoms with Crippen LogP contribution in [-0.4, -0.2) is 15.8 Å². The first-order chi connectivity index (χ1) is 7.71. The first-order valence-electron chi connectivity index (χ1n) is 6.27. The summed E-state index contributed by atoms with van der Waals surface area (Å²) in [5, 5.41) is 20.0. The summed E-state index contributed by atoms with van der Waals surface area (Å²) in [6.45, 7) is 8.26. The Morgan fingerprint density at radius 3 is 2.29 bits per heavy atom. The molecule has 0 radical (unpaired) electrons. The molecule has 1 fully saturated rings. The molecule has 2 N–H and O–H groups in total. The molecule has 0 spiro atoms. The van der Waals surface area contributed by atoms with Gasteiger partial charge in [0.25, 0.3) is 0 Å². The SMILES string of the molecule is Cc1cc(O)c(C(C)(C)C)cc1CC1(O)CC1. The highest BCUT2D eigenvalue weighted by Crippen LogP contribution is 2.40. The maximum Gasteiger partial charge on any atom is 0.119 e. The summed E-state index contributed by atoms with van der Waals surface area (Å²) in [7, 11) is 0. The fraction of sp³-hybridized carbons (Fsp3) is 0.600. The molecule has 0 bridgehead atoms. The molecule has 0 aliphatic heterocycles. The van der Waals surface area contributed by atoms with E-state index < -0.39 is 5.60 Å². The topological polar surface area (TPSA) is 40.5 Å². The van der Waals surface area contributed by atoms with E-state index in [1.165, 1.54) is 0 Å². The van der Waals surface area contributed by atoms with Crippen LogP contribution in [-0.2, 0) is 11.8 Å². The Kier molecular flexibility index (Phi) is 2.74. The van der Waals surface area contributed by atoms with E-state index in [-0.39, 0.29) is 5.41 Å². The van der Waals surface area contributed by atoms with Gasteiger partial charge in [-0.1, -0.05) is 26.8 Å². The Balaban J connectivity index is 2.39. The minimum Gasteiger partial charge on any atom is -0.508 e. The number of hydrogen-bond donors (Lipinski definition) is 2. The Morgan fingerprint density at radius 2 is 1.82 bits per heavy atom. The maximum atomic E-state index is 10.0. The third-order valence-electron chi connectivity index (χ3n) is 3.61. The van der Waals surface area contributed by atoms with Gasteiger partial charge in [0, 0.05) is 6.42 Å². The third kappa shape index (κ3) is 2.63. The Hall–Kier alpha value is -1.02. The monoisotopic (exact) mass is 234 g/mol. The quantitative estimate of drug-likeness (QED) is 0.825. The van der Waals surface area contributed by atoms with Crippen molar-refractivity contribution in [2.45, 2.75) is 58.0 Å². The molecule has 0 unspecified atom stereocenters. The molecule has 2 nitrogen and oxygen atoms in total. The second-order valence-corrected chi connectivity index (χ2v) is 6.45. The van der Waals surface area contributed by atoms with Crippen LogP contribution < -0.4 is 0 Å². The number of aromatic hydroxyl groups is 1. The van der Waals surface area contributed by atoms with Gasteiger partial charge >= 0.3 is 0 Å². The van der Waals surface area contributed by atoms with Crippen molar-refractivity contribution in [3.8, 4) is 5.75 Å². The zero-order chi connectivity index (χ0) is 12.8. The minimum atomic E-state index is -0.475. The van der Waals surface area contributed by atoms with Crippen LogP contribution >= 0.6 is 0 Å². The second kappa shape index (κ2) is 3.74. The second-order valence-electron chi connectivity index (χ2n) is 6.45. The van der Waals surface area contributed by atoms with Crippen molar-refractivity contribution in [2.75, 3.05) is 0 Å². The molecule has 0 amide bonds. The lowest BCUT2D eigenvalue weighted by Gasteiger charge is -2.23. The fourth-order valence-corrected chi connectivity index (χ4v) is 2.20. The van der Waals surface area contributed by atoms with Gasteiger partial charge in [0.15, 0.2) is 0 Å². The van der Waals surface area contributed by atoms with Crippen molar-refractivity contribution in [3.05, 3.63) is 28.8 Å².